The van der Waals surface area contributed by atoms with Crippen LogP contribution in [0.5, 0.6) is 0 Å². The molecule has 0 amide bonds. The molecule has 22 heavy (non-hydrogen) atoms. The second kappa shape index (κ2) is 6.64. The van der Waals surface area contributed by atoms with Crippen molar-refractivity contribution in [2.45, 2.75) is 18.9 Å². The van der Waals surface area contributed by atoms with Crippen LogP contribution >= 0.6 is 0 Å². The maximum absolute atomic E-state index is 13.3. The minimum Gasteiger partial charge on any atom is -0.368 e. The standard InChI is InChI=1S/C17H23FN4/c1-20-6-2-3-16(13-20)21-7-9-22(10-8-21)17-5-4-15(18)11-14(17)12-19/h4-5,11,16H,2-3,6-10,13H2,1H3/t16-/m1/s1. The molecule has 3 rings (SSSR count). The van der Waals surface area contributed by atoms with E-state index < -0.39 is 0 Å². The predicted molar refractivity (Wildman–Crippen MR) is 85.4 cm³/mol. The van der Waals surface area contributed by atoms with Crippen molar-refractivity contribution in [3.8, 4) is 6.07 Å². The first-order valence-electron chi connectivity index (χ1n) is 8.04. The summed E-state index contributed by atoms with van der Waals surface area (Å²) in [5.41, 5.74) is 1.30. The van der Waals surface area contributed by atoms with E-state index in [4.69, 9.17) is 0 Å². The number of hydrogen-bond acceptors (Lipinski definition) is 4. The number of rotatable bonds is 2. The van der Waals surface area contributed by atoms with Gasteiger partial charge < -0.3 is 9.80 Å². The molecular formula is C17H23FN4. The van der Waals surface area contributed by atoms with Crippen LogP contribution in [0.4, 0.5) is 10.1 Å². The normalized spacial score (nSPS) is 24.2. The number of nitriles is 1. The lowest BCUT2D eigenvalue weighted by molar-refractivity contribution is 0.106. The van der Waals surface area contributed by atoms with Gasteiger partial charge in [-0.3, -0.25) is 4.90 Å². The summed E-state index contributed by atoms with van der Waals surface area (Å²) < 4.78 is 13.3. The fourth-order valence-corrected chi connectivity index (χ4v) is 3.64. The number of likely N-dealkylation sites (tertiary alicyclic amines) is 1. The third-order valence-electron chi connectivity index (χ3n) is 4.85. The molecule has 0 saturated carbocycles. The Morgan fingerprint density at radius 2 is 1.95 bits per heavy atom. The molecule has 0 spiro atoms. The van der Waals surface area contributed by atoms with Crippen molar-refractivity contribution in [3.05, 3.63) is 29.6 Å². The summed E-state index contributed by atoms with van der Waals surface area (Å²) in [6, 6.07) is 7.28. The van der Waals surface area contributed by atoms with Crippen LogP contribution in [0.1, 0.15) is 18.4 Å². The first-order chi connectivity index (χ1) is 10.7. The van der Waals surface area contributed by atoms with E-state index in [1.807, 2.05) is 0 Å². The van der Waals surface area contributed by atoms with Gasteiger partial charge in [-0.15, -0.1) is 0 Å². The molecule has 1 atom stereocenters. The van der Waals surface area contributed by atoms with E-state index in [1.165, 1.54) is 31.5 Å². The van der Waals surface area contributed by atoms with Crippen molar-refractivity contribution in [2.75, 3.05) is 51.2 Å². The average molecular weight is 302 g/mol. The molecule has 0 radical (unpaired) electrons. The van der Waals surface area contributed by atoms with Crippen LogP contribution in [0.2, 0.25) is 0 Å². The van der Waals surface area contributed by atoms with E-state index in [-0.39, 0.29) is 5.82 Å². The smallest absolute Gasteiger partial charge is 0.124 e. The fraction of sp³-hybridized carbons (Fsp3) is 0.588. The van der Waals surface area contributed by atoms with E-state index in [2.05, 4.69) is 27.8 Å². The van der Waals surface area contributed by atoms with Gasteiger partial charge in [-0.05, 0) is 44.6 Å². The number of hydrogen-bond donors (Lipinski definition) is 0. The second-order valence-electron chi connectivity index (χ2n) is 6.35. The minimum absolute atomic E-state index is 0.343. The molecule has 0 aliphatic carbocycles. The first kappa shape index (κ1) is 15.3. The van der Waals surface area contributed by atoms with Crippen LogP contribution in [-0.4, -0.2) is 62.2 Å². The van der Waals surface area contributed by atoms with E-state index >= 15 is 0 Å². The van der Waals surface area contributed by atoms with Crippen LogP contribution in [0, 0.1) is 17.1 Å². The summed E-state index contributed by atoms with van der Waals surface area (Å²) in [6.45, 7) is 6.19. The Morgan fingerprint density at radius 1 is 1.18 bits per heavy atom. The highest BCUT2D eigenvalue weighted by molar-refractivity contribution is 5.59. The molecule has 1 aromatic carbocycles. The second-order valence-corrected chi connectivity index (χ2v) is 6.35. The van der Waals surface area contributed by atoms with Crippen molar-refractivity contribution in [1.82, 2.24) is 9.80 Å². The van der Waals surface area contributed by atoms with Gasteiger partial charge in [-0.1, -0.05) is 0 Å². The molecule has 0 bridgehead atoms. The zero-order valence-corrected chi connectivity index (χ0v) is 13.1. The Hall–Kier alpha value is -1.64. The lowest BCUT2D eigenvalue weighted by Crippen LogP contribution is -2.54. The van der Waals surface area contributed by atoms with Crippen LogP contribution < -0.4 is 4.90 Å². The molecule has 0 unspecified atom stereocenters. The van der Waals surface area contributed by atoms with Crippen LogP contribution in [0.25, 0.3) is 0 Å². The Balaban J connectivity index is 1.63. The number of anilines is 1. The summed E-state index contributed by atoms with van der Waals surface area (Å²) in [7, 11) is 2.19. The molecule has 1 aromatic rings. The molecule has 2 aliphatic heterocycles. The summed E-state index contributed by atoms with van der Waals surface area (Å²) in [6.07, 6.45) is 2.56. The zero-order chi connectivity index (χ0) is 15.5. The number of piperazine rings is 1. The third-order valence-corrected chi connectivity index (χ3v) is 4.85. The van der Waals surface area contributed by atoms with Crippen LogP contribution in [0.3, 0.4) is 0 Å². The van der Waals surface area contributed by atoms with Gasteiger partial charge in [0.2, 0.25) is 0 Å². The topological polar surface area (TPSA) is 33.5 Å². The molecule has 2 heterocycles. The SMILES string of the molecule is CN1CCC[C@@H](N2CCN(c3ccc(F)cc3C#N)CC2)C1. The molecule has 0 aromatic heterocycles. The Kier molecular flexibility index (Phi) is 4.60. The van der Waals surface area contributed by atoms with Gasteiger partial charge in [0, 0.05) is 38.8 Å². The molecule has 0 N–H and O–H groups in total. The monoisotopic (exact) mass is 302 g/mol. The Labute approximate surface area is 131 Å². The summed E-state index contributed by atoms with van der Waals surface area (Å²) in [5.74, 6) is -0.343. The van der Waals surface area contributed by atoms with Gasteiger partial charge in [-0.25, -0.2) is 4.39 Å². The van der Waals surface area contributed by atoms with Crippen molar-refractivity contribution in [1.29, 1.82) is 5.26 Å². The Bertz CT molecular complexity index is 560. The van der Waals surface area contributed by atoms with Gasteiger partial charge in [0.15, 0.2) is 0 Å². The predicted octanol–water partition coefficient (Wildman–Crippen LogP) is 1.91. The molecule has 5 heteroatoms. The Morgan fingerprint density at radius 3 is 2.64 bits per heavy atom. The highest BCUT2D eigenvalue weighted by Crippen LogP contribution is 2.24. The average Bonchev–Trinajstić information content (AvgIpc) is 2.55. The zero-order valence-electron chi connectivity index (χ0n) is 13.1. The maximum atomic E-state index is 13.3. The molecule has 4 nitrogen and oxygen atoms in total. The van der Waals surface area contributed by atoms with Gasteiger partial charge in [0.05, 0.1) is 11.3 Å². The molecule has 118 valence electrons. The molecule has 2 aliphatic rings. The highest BCUT2D eigenvalue weighted by atomic mass is 19.1. The van der Waals surface area contributed by atoms with Crippen molar-refractivity contribution < 1.29 is 4.39 Å². The molecule has 2 fully saturated rings. The lowest BCUT2D eigenvalue weighted by Gasteiger charge is -2.43. The fourth-order valence-electron chi connectivity index (χ4n) is 3.64. The number of piperidine rings is 1. The van der Waals surface area contributed by atoms with Crippen LogP contribution in [0.15, 0.2) is 18.2 Å². The summed E-state index contributed by atoms with van der Waals surface area (Å²) in [4.78, 5) is 7.19. The number of nitrogens with zero attached hydrogens (tertiary/aromatic N) is 4. The van der Waals surface area contributed by atoms with E-state index in [0.29, 0.717) is 11.6 Å². The first-order valence-corrected chi connectivity index (χ1v) is 8.04. The largest absolute Gasteiger partial charge is 0.368 e. The lowest BCUT2D eigenvalue weighted by atomic mass is 10.0. The summed E-state index contributed by atoms with van der Waals surface area (Å²) >= 11 is 0. The quantitative estimate of drug-likeness (QED) is 0.836. The van der Waals surface area contributed by atoms with Gasteiger partial charge in [0.25, 0.3) is 0 Å². The van der Waals surface area contributed by atoms with E-state index in [0.717, 1.165) is 38.4 Å². The minimum atomic E-state index is -0.343. The summed E-state index contributed by atoms with van der Waals surface area (Å²) in [5, 5.41) is 9.20. The van der Waals surface area contributed by atoms with Crippen molar-refractivity contribution >= 4 is 5.69 Å². The number of likely N-dealkylation sites (N-methyl/N-ethyl adjacent to an activating group) is 1. The van der Waals surface area contributed by atoms with Crippen molar-refractivity contribution in [2.24, 2.45) is 0 Å². The molecule has 2 saturated heterocycles. The third kappa shape index (κ3) is 3.23. The maximum Gasteiger partial charge on any atom is 0.124 e. The van der Waals surface area contributed by atoms with Gasteiger partial charge in [0.1, 0.15) is 11.9 Å². The highest BCUT2D eigenvalue weighted by Gasteiger charge is 2.27. The number of benzene rings is 1. The van der Waals surface area contributed by atoms with Gasteiger partial charge >= 0.3 is 0 Å². The number of halogens is 1. The van der Waals surface area contributed by atoms with Crippen LogP contribution in [-0.2, 0) is 0 Å². The van der Waals surface area contributed by atoms with Crippen molar-refractivity contribution in [3.63, 3.8) is 0 Å². The van der Waals surface area contributed by atoms with Gasteiger partial charge in [-0.2, -0.15) is 5.26 Å². The van der Waals surface area contributed by atoms with E-state index in [9.17, 15) is 9.65 Å². The van der Waals surface area contributed by atoms with E-state index in [1.54, 1.807) is 6.07 Å². The molecular weight excluding hydrogens is 279 g/mol.